The van der Waals surface area contributed by atoms with Crippen molar-refractivity contribution in [3.8, 4) is 0 Å². The third-order valence-corrected chi connectivity index (χ3v) is 7.94. The number of hydrogen-bond donors (Lipinski definition) is 2. The quantitative estimate of drug-likeness (QED) is 0.687. The normalized spacial score (nSPS) is 47.7. The first-order valence-electron chi connectivity index (χ1n) is 8.99. The Bertz CT molecular complexity index is 691. The SMILES string of the molecule is C[C@]12CC[C@H]3[C@@H](CCC4=C(O)C(=O)C=C[C@@]43C)[C@@H]1CC=C(Cl)[C@@H]2O. The second kappa shape index (κ2) is 5.22. The lowest BCUT2D eigenvalue weighted by molar-refractivity contribution is -0.115. The van der Waals surface area contributed by atoms with Gasteiger partial charge in [-0.2, -0.15) is 0 Å². The van der Waals surface area contributed by atoms with Crippen molar-refractivity contribution >= 4 is 17.4 Å². The Morgan fingerprint density at radius 1 is 1.25 bits per heavy atom. The summed E-state index contributed by atoms with van der Waals surface area (Å²) in [6, 6.07) is 0. The van der Waals surface area contributed by atoms with Crippen LogP contribution in [0.3, 0.4) is 0 Å². The van der Waals surface area contributed by atoms with Crippen LogP contribution in [0.1, 0.15) is 46.0 Å². The summed E-state index contributed by atoms with van der Waals surface area (Å²) >= 11 is 6.25. The van der Waals surface area contributed by atoms with E-state index in [0.717, 1.165) is 37.7 Å². The molecule has 4 aliphatic carbocycles. The molecule has 0 aromatic rings. The zero-order valence-electron chi connectivity index (χ0n) is 14.3. The summed E-state index contributed by atoms with van der Waals surface area (Å²) in [6.07, 6.45) is 9.55. The lowest BCUT2D eigenvalue weighted by Crippen LogP contribution is -2.54. The zero-order valence-corrected chi connectivity index (χ0v) is 15.0. The number of allylic oxidation sites excluding steroid dienone is 4. The highest BCUT2D eigenvalue weighted by molar-refractivity contribution is 6.30. The highest BCUT2D eigenvalue weighted by Crippen LogP contribution is 2.63. The molecular formula is C20H25ClO3. The molecule has 4 rings (SSSR count). The topological polar surface area (TPSA) is 57.5 Å². The number of carbonyl (C=O) groups is 1. The summed E-state index contributed by atoms with van der Waals surface area (Å²) < 4.78 is 0. The maximum Gasteiger partial charge on any atom is 0.219 e. The van der Waals surface area contributed by atoms with Gasteiger partial charge in [0.25, 0.3) is 0 Å². The van der Waals surface area contributed by atoms with Crippen LogP contribution in [-0.4, -0.2) is 22.1 Å². The van der Waals surface area contributed by atoms with E-state index >= 15 is 0 Å². The van der Waals surface area contributed by atoms with Crippen LogP contribution in [0.25, 0.3) is 0 Å². The van der Waals surface area contributed by atoms with Gasteiger partial charge in [0.1, 0.15) is 0 Å². The molecule has 0 aliphatic heterocycles. The van der Waals surface area contributed by atoms with Crippen molar-refractivity contribution in [2.24, 2.45) is 28.6 Å². The van der Waals surface area contributed by atoms with Gasteiger partial charge in [0, 0.05) is 15.9 Å². The van der Waals surface area contributed by atoms with Crippen LogP contribution in [0.2, 0.25) is 0 Å². The lowest BCUT2D eigenvalue weighted by atomic mass is 9.46. The molecule has 0 spiro atoms. The van der Waals surface area contributed by atoms with E-state index in [1.165, 1.54) is 0 Å². The maximum absolute atomic E-state index is 11.9. The molecule has 0 radical (unpaired) electrons. The second-order valence-electron chi connectivity index (χ2n) is 8.49. The fraction of sp³-hybridized carbons (Fsp3) is 0.650. The van der Waals surface area contributed by atoms with Crippen LogP contribution in [0, 0.1) is 28.6 Å². The summed E-state index contributed by atoms with van der Waals surface area (Å²) in [5.74, 6) is 1.00. The molecule has 6 atom stereocenters. The molecule has 0 unspecified atom stereocenters. The Morgan fingerprint density at radius 3 is 2.75 bits per heavy atom. The molecule has 4 heteroatoms. The van der Waals surface area contributed by atoms with Crippen molar-refractivity contribution < 1.29 is 15.0 Å². The van der Waals surface area contributed by atoms with Gasteiger partial charge in [0.15, 0.2) is 5.76 Å². The molecular weight excluding hydrogens is 324 g/mol. The summed E-state index contributed by atoms with van der Waals surface area (Å²) in [7, 11) is 0. The Labute approximate surface area is 148 Å². The Morgan fingerprint density at radius 2 is 2.00 bits per heavy atom. The molecule has 130 valence electrons. The van der Waals surface area contributed by atoms with Crippen LogP contribution >= 0.6 is 11.6 Å². The minimum absolute atomic E-state index is 0.0293. The number of halogens is 1. The Hall–Kier alpha value is -1.06. The van der Waals surface area contributed by atoms with Crippen LogP contribution in [0.15, 0.2) is 34.6 Å². The number of aliphatic hydroxyl groups excluding tert-OH is 2. The van der Waals surface area contributed by atoms with Gasteiger partial charge in [0.05, 0.1) is 6.10 Å². The lowest BCUT2D eigenvalue weighted by Gasteiger charge is -2.59. The van der Waals surface area contributed by atoms with Gasteiger partial charge < -0.3 is 10.2 Å². The third-order valence-electron chi connectivity index (χ3n) is 7.58. The first-order chi connectivity index (χ1) is 11.3. The summed E-state index contributed by atoms with van der Waals surface area (Å²) in [5.41, 5.74) is 0.517. The van der Waals surface area contributed by atoms with Crippen LogP contribution in [-0.2, 0) is 4.79 Å². The van der Waals surface area contributed by atoms with Gasteiger partial charge in [-0.05, 0) is 61.5 Å². The van der Waals surface area contributed by atoms with Crippen molar-refractivity contribution in [3.63, 3.8) is 0 Å². The third kappa shape index (κ3) is 1.97. The Kier molecular flexibility index (Phi) is 3.57. The van der Waals surface area contributed by atoms with E-state index in [1.807, 2.05) is 12.2 Å². The van der Waals surface area contributed by atoms with E-state index in [2.05, 4.69) is 13.8 Å². The minimum atomic E-state index is -0.569. The van der Waals surface area contributed by atoms with Crippen molar-refractivity contribution in [1.29, 1.82) is 0 Å². The van der Waals surface area contributed by atoms with Gasteiger partial charge >= 0.3 is 0 Å². The van der Waals surface area contributed by atoms with Gasteiger partial charge in [-0.15, -0.1) is 0 Å². The van der Waals surface area contributed by atoms with Crippen LogP contribution in [0.4, 0.5) is 0 Å². The predicted octanol–water partition coefficient (Wildman–Crippen LogP) is 4.27. The van der Waals surface area contributed by atoms with Gasteiger partial charge in [-0.1, -0.05) is 37.6 Å². The standard InChI is InChI=1S/C20H25ClO3/c1-19-10-8-16(22)17(23)14(19)4-3-11-12-5-6-15(21)18(24)20(12,2)9-7-13(11)19/h6,8,10-13,18,23-24H,3-5,7,9H2,1-2H3/t11-,12-,13-,18-,19+,20-/m0/s1. The molecule has 0 bridgehead atoms. The van der Waals surface area contributed by atoms with E-state index in [9.17, 15) is 15.0 Å². The molecule has 3 nitrogen and oxygen atoms in total. The highest BCUT2D eigenvalue weighted by Gasteiger charge is 2.57. The van der Waals surface area contributed by atoms with Gasteiger partial charge in [-0.25, -0.2) is 0 Å². The molecule has 2 fully saturated rings. The number of aliphatic hydroxyl groups is 2. The largest absolute Gasteiger partial charge is 0.504 e. The average Bonchev–Trinajstić information content (AvgIpc) is 2.55. The van der Waals surface area contributed by atoms with E-state index < -0.39 is 6.10 Å². The van der Waals surface area contributed by atoms with Crippen LogP contribution < -0.4 is 0 Å². The maximum atomic E-state index is 11.9. The molecule has 2 N–H and O–H groups in total. The fourth-order valence-electron chi connectivity index (χ4n) is 6.11. The Balaban J connectivity index is 1.74. The molecule has 0 saturated heterocycles. The molecule has 24 heavy (non-hydrogen) atoms. The molecule has 2 saturated carbocycles. The molecule has 0 heterocycles. The first-order valence-corrected chi connectivity index (χ1v) is 9.36. The average molecular weight is 349 g/mol. The van der Waals surface area contributed by atoms with Crippen molar-refractivity contribution in [1.82, 2.24) is 0 Å². The van der Waals surface area contributed by atoms with Gasteiger partial charge in [-0.3, -0.25) is 4.79 Å². The number of hydrogen-bond acceptors (Lipinski definition) is 3. The molecule has 0 aromatic carbocycles. The zero-order chi connectivity index (χ0) is 17.3. The first kappa shape index (κ1) is 16.4. The number of fused-ring (bicyclic) bond motifs is 5. The fourth-order valence-corrected chi connectivity index (χ4v) is 6.45. The highest BCUT2D eigenvalue weighted by atomic mass is 35.5. The second-order valence-corrected chi connectivity index (χ2v) is 8.93. The van der Waals surface area contributed by atoms with E-state index in [-0.39, 0.29) is 22.4 Å². The number of ketones is 1. The van der Waals surface area contributed by atoms with Crippen LogP contribution in [0.5, 0.6) is 0 Å². The van der Waals surface area contributed by atoms with Gasteiger partial charge in [0.2, 0.25) is 5.78 Å². The summed E-state index contributed by atoms with van der Waals surface area (Å²) in [5, 5.41) is 21.6. The molecule has 0 aromatic heterocycles. The van der Waals surface area contributed by atoms with E-state index in [0.29, 0.717) is 22.8 Å². The molecule has 4 aliphatic rings. The number of rotatable bonds is 0. The molecule has 0 amide bonds. The smallest absolute Gasteiger partial charge is 0.219 e. The van der Waals surface area contributed by atoms with Crippen molar-refractivity contribution in [3.05, 3.63) is 34.6 Å². The summed E-state index contributed by atoms with van der Waals surface area (Å²) in [6.45, 7) is 4.35. The minimum Gasteiger partial charge on any atom is -0.504 e. The monoisotopic (exact) mass is 348 g/mol. The number of carbonyl (C=O) groups excluding carboxylic acids is 1. The van der Waals surface area contributed by atoms with Crippen molar-refractivity contribution in [2.75, 3.05) is 0 Å². The van der Waals surface area contributed by atoms with E-state index in [1.54, 1.807) is 6.08 Å². The van der Waals surface area contributed by atoms with E-state index in [4.69, 9.17) is 11.6 Å². The van der Waals surface area contributed by atoms with Crippen molar-refractivity contribution in [2.45, 2.75) is 52.1 Å². The summed E-state index contributed by atoms with van der Waals surface area (Å²) in [4.78, 5) is 11.9. The predicted molar refractivity (Wildman–Crippen MR) is 93.5 cm³/mol.